The standard InChI is InChI=1S/C25H37NO2/c1-22-10-15-6-7-18(22)21(27)25-12-16-4-3-9-26-20(16)17-5-2-8-23(17,25)13-19(25)24(28,11-15)14-22/h6-7,15-21,26-28H,2-5,8-14H2,1H3. The predicted molar refractivity (Wildman–Crippen MR) is 108 cm³/mol. The Labute approximate surface area is 169 Å². The van der Waals surface area contributed by atoms with Crippen LogP contribution in [0.5, 0.6) is 0 Å². The Balaban J connectivity index is 1.43. The zero-order valence-electron chi connectivity index (χ0n) is 17.4. The van der Waals surface area contributed by atoms with E-state index in [1.807, 2.05) is 0 Å². The maximum atomic E-state index is 12.2. The molecular weight excluding hydrogens is 346 g/mol. The molecule has 3 N–H and O–H groups in total. The minimum Gasteiger partial charge on any atom is -0.392 e. The monoisotopic (exact) mass is 383 g/mol. The molecule has 0 aromatic heterocycles. The van der Waals surface area contributed by atoms with Gasteiger partial charge in [-0.25, -0.2) is 0 Å². The van der Waals surface area contributed by atoms with Crippen LogP contribution in [0.1, 0.15) is 71.1 Å². The first kappa shape index (κ1) is 17.3. The van der Waals surface area contributed by atoms with Gasteiger partial charge in [0.25, 0.3) is 0 Å². The lowest BCUT2D eigenvalue weighted by Crippen LogP contribution is -2.76. The van der Waals surface area contributed by atoms with Crippen LogP contribution < -0.4 is 5.32 Å². The van der Waals surface area contributed by atoms with Crippen LogP contribution in [0.2, 0.25) is 0 Å². The van der Waals surface area contributed by atoms with Crippen molar-refractivity contribution >= 4 is 0 Å². The van der Waals surface area contributed by atoms with Gasteiger partial charge in [0.05, 0.1) is 11.7 Å². The van der Waals surface area contributed by atoms with Gasteiger partial charge in [0.1, 0.15) is 0 Å². The number of aliphatic hydroxyl groups excluding tert-OH is 1. The van der Waals surface area contributed by atoms with Crippen LogP contribution in [0.25, 0.3) is 0 Å². The van der Waals surface area contributed by atoms with Crippen molar-refractivity contribution in [3.63, 3.8) is 0 Å². The van der Waals surface area contributed by atoms with Gasteiger partial charge in [0.15, 0.2) is 0 Å². The van der Waals surface area contributed by atoms with Crippen molar-refractivity contribution < 1.29 is 10.2 Å². The summed E-state index contributed by atoms with van der Waals surface area (Å²) in [7, 11) is 0. The number of hydrogen-bond acceptors (Lipinski definition) is 3. The molecule has 0 aromatic carbocycles. The molecule has 1 heterocycles. The average Bonchev–Trinajstić information content (AvgIpc) is 3.09. The van der Waals surface area contributed by atoms with Crippen LogP contribution in [-0.2, 0) is 0 Å². The molecule has 7 aliphatic rings. The summed E-state index contributed by atoms with van der Waals surface area (Å²) in [4.78, 5) is 0. The Morgan fingerprint density at radius 2 is 1.93 bits per heavy atom. The molecular formula is C25H37NO2. The Bertz CT molecular complexity index is 751. The maximum Gasteiger partial charge on any atom is 0.0693 e. The molecule has 5 saturated carbocycles. The number of piperidine rings is 1. The van der Waals surface area contributed by atoms with E-state index in [-0.39, 0.29) is 28.3 Å². The third-order valence-electron chi connectivity index (χ3n) is 11.6. The summed E-state index contributed by atoms with van der Waals surface area (Å²) in [5.74, 6) is 2.52. The molecule has 0 aromatic rings. The van der Waals surface area contributed by atoms with Gasteiger partial charge >= 0.3 is 0 Å². The lowest BCUT2D eigenvalue weighted by Gasteiger charge is -2.75. The van der Waals surface area contributed by atoms with Gasteiger partial charge in [-0.3, -0.25) is 0 Å². The highest BCUT2D eigenvalue weighted by Crippen LogP contribution is 2.82. The van der Waals surface area contributed by atoms with Gasteiger partial charge in [0.2, 0.25) is 0 Å². The SMILES string of the molecule is CC12CC3C=CC1C(O)C14CC5CCCNC5C5CCCC51CC4C(O)(C3)C2. The first-order chi connectivity index (χ1) is 13.4. The largest absolute Gasteiger partial charge is 0.392 e. The fourth-order valence-corrected chi connectivity index (χ4v) is 11.1. The zero-order valence-corrected chi connectivity index (χ0v) is 17.4. The molecule has 2 spiro atoms. The van der Waals surface area contributed by atoms with E-state index in [1.54, 1.807) is 0 Å². The van der Waals surface area contributed by atoms with Crippen molar-refractivity contribution in [2.75, 3.05) is 6.54 Å². The lowest BCUT2D eigenvalue weighted by atomic mass is 9.31. The van der Waals surface area contributed by atoms with Crippen molar-refractivity contribution in [3.05, 3.63) is 12.2 Å². The molecule has 154 valence electrons. The topological polar surface area (TPSA) is 52.5 Å². The number of hydrogen-bond donors (Lipinski definition) is 3. The van der Waals surface area contributed by atoms with Gasteiger partial charge in [0, 0.05) is 17.4 Å². The molecule has 7 rings (SSSR count). The number of fused-ring (bicyclic) bond motifs is 5. The smallest absolute Gasteiger partial charge is 0.0693 e. The first-order valence-electron chi connectivity index (χ1n) is 12.2. The summed E-state index contributed by atoms with van der Waals surface area (Å²) < 4.78 is 0. The molecule has 1 aliphatic heterocycles. The highest BCUT2D eigenvalue weighted by atomic mass is 16.3. The van der Waals surface area contributed by atoms with Crippen LogP contribution in [0.4, 0.5) is 0 Å². The highest BCUT2D eigenvalue weighted by molar-refractivity contribution is 5.32. The second-order valence-corrected chi connectivity index (χ2v) is 12.5. The Morgan fingerprint density at radius 1 is 1.04 bits per heavy atom. The Morgan fingerprint density at radius 3 is 2.82 bits per heavy atom. The Hall–Kier alpha value is -0.380. The molecule has 6 aliphatic carbocycles. The van der Waals surface area contributed by atoms with Crippen molar-refractivity contribution in [1.29, 1.82) is 0 Å². The Kier molecular flexibility index (Phi) is 3.14. The summed E-state index contributed by atoms with van der Waals surface area (Å²) in [6.45, 7) is 3.57. The fourth-order valence-electron chi connectivity index (χ4n) is 11.1. The van der Waals surface area contributed by atoms with E-state index >= 15 is 0 Å². The number of rotatable bonds is 0. The molecule has 11 unspecified atom stereocenters. The summed E-state index contributed by atoms with van der Waals surface area (Å²) in [6.07, 6.45) is 16.5. The normalized spacial score (nSPS) is 66.2. The molecule has 11 atom stereocenters. The predicted octanol–water partition coefficient (Wildman–Crippen LogP) is 3.65. The summed E-state index contributed by atoms with van der Waals surface area (Å²) in [6, 6.07) is 0.676. The first-order valence-corrected chi connectivity index (χ1v) is 12.2. The molecule has 0 amide bonds. The quantitative estimate of drug-likeness (QED) is 0.560. The minimum atomic E-state index is -0.550. The summed E-state index contributed by atoms with van der Waals surface area (Å²) >= 11 is 0. The summed E-state index contributed by atoms with van der Waals surface area (Å²) in [5, 5.41) is 28.3. The van der Waals surface area contributed by atoms with E-state index in [2.05, 4.69) is 24.4 Å². The van der Waals surface area contributed by atoms with Crippen LogP contribution in [0, 0.1) is 45.8 Å². The van der Waals surface area contributed by atoms with Crippen molar-refractivity contribution in [2.24, 2.45) is 45.8 Å². The van der Waals surface area contributed by atoms with E-state index < -0.39 is 5.60 Å². The van der Waals surface area contributed by atoms with Crippen LogP contribution in [0.3, 0.4) is 0 Å². The number of aliphatic hydroxyl groups is 2. The van der Waals surface area contributed by atoms with Crippen LogP contribution in [-0.4, -0.2) is 34.5 Å². The zero-order chi connectivity index (χ0) is 18.9. The molecule has 3 nitrogen and oxygen atoms in total. The van der Waals surface area contributed by atoms with Crippen molar-refractivity contribution in [1.82, 2.24) is 5.32 Å². The third kappa shape index (κ3) is 1.70. The van der Waals surface area contributed by atoms with Gasteiger partial charge in [-0.1, -0.05) is 25.5 Å². The van der Waals surface area contributed by atoms with Gasteiger partial charge < -0.3 is 15.5 Å². The fraction of sp³-hybridized carbons (Fsp3) is 0.920. The van der Waals surface area contributed by atoms with Gasteiger partial charge in [-0.15, -0.1) is 0 Å². The van der Waals surface area contributed by atoms with Crippen LogP contribution >= 0.6 is 0 Å². The van der Waals surface area contributed by atoms with Crippen molar-refractivity contribution in [3.8, 4) is 0 Å². The second kappa shape index (κ2) is 5.08. The van der Waals surface area contributed by atoms with Crippen LogP contribution in [0.15, 0.2) is 12.2 Å². The number of allylic oxidation sites excluding steroid dienone is 1. The van der Waals surface area contributed by atoms with E-state index in [0.717, 1.165) is 18.8 Å². The maximum absolute atomic E-state index is 12.2. The number of nitrogens with one attached hydrogen (secondary N) is 1. The van der Waals surface area contributed by atoms with E-state index in [4.69, 9.17) is 0 Å². The lowest BCUT2D eigenvalue weighted by molar-refractivity contribution is -0.307. The highest BCUT2D eigenvalue weighted by Gasteiger charge is 2.81. The van der Waals surface area contributed by atoms with E-state index in [0.29, 0.717) is 23.8 Å². The van der Waals surface area contributed by atoms with E-state index in [1.165, 1.54) is 57.9 Å². The van der Waals surface area contributed by atoms with Gasteiger partial charge in [-0.2, -0.15) is 0 Å². The molecule has 1 saturated heterocycles. The molecule has 6 fully saturated rings. The van der Waals surface area contributed by atoms with Gasteiger partial charge in [-0.05, 0) is 98.8 Å². The molecule has 28 heavy (non-hydrogen) atoms. The molecule has 3 heteroatoms. The summed E-state index contributed by atoms with van der Waals surface area (Å²) in [5.41, 5.74) is -0.215. The van der Waals surface area contributed by atoms with Crippen molar-refractivity contribution in [2.45, 2.75) is 88.9 Å². The second-order valence-electron chi connectivity index (χ2n) is 12.5. The molecule has 3 bridgehead atoms. The molecule has 0 radical (unpaired) electrons. The average molecular weight is 384 g/mol. The van der Waals surface area contributed by atoms with E-state index in [9.17, 15) is 10.2 Å². The third-order valence-corrected chi connectivity index (χ3v) is 11.6. The minimum absolute atomic E-state index is 0.0326.